The number of carbonyl (C=O) groups is 1. The second kappa shape index (κ2) is 5.82. The van der Waals surface area contributed by atoms with Crippen LogP contribution in [0.15, 0.2) is 28.1 Å². The maximum atomic E-state index is 10.5. The molecule has 0 spiro atoms. The molecule has 6 heteroatoms. The van der Waals surface area contributed by atoms with Crippen molar-refractivity contribution in [3.63, 3.8) is 0 Å². The molecule has 0 radical (unpaired) electrons. The van der Waals surface area contributed by atoms with Gasteiger partial charge in [0, 0.05) is 21.8 Å². The van der Waals surface area contributed by atoms with Gasteiger partial charge < -0.3 is 5.11 Å². The number of aromatic nitrogens is 1. The fourth-order valence-electron chi connectivity index (χ4n) is 1.44. The second-order valence-corrected chi connectivity index (χ2v) is 5.84. The van der Waals surface area contributed by atoms with Crippen molar-refractivity contribution in [2.75, 3.05) is 0 Å². The van der Waals surface area contributed by atoms with Crippen molar-refractivity contribution >= 4 is 44.8 Å². The van der Waals surface area contributed by atoms with Gasteiger partial charge in [0.05, 0.1) is 17.1 Å². The Morgan fingerprint density at radius 1 is 1.50 bits per heavy atom. The van der Waals surface area contributed by atoms with E-state index in [1.807, 2.05) is 23.6 Å². The van der Waals surface area contributed by atoms with E-state index in [1.165, 1.54) is 11.3 Å². The number of thiazole rings is 1. The van der Waals surface area contributed by atoms with Gasteiger partial charge in [-0.05, 0) is 18.2 Å². The predicted octanol–water partition coefficient (Wildman–Crippen LogP) is 4.24. The third-order valence-corrected chi connectivity index (χ3v) is 4.04. The van der Waals surface area contributed by atoms with Crippen molar-refractivity contribution in [3.8, 4) is 10.6 Å². The topological polar surface area (TPSA) is 50.2 Å². The number of carboxylic acids is 1. The number of halogens is 2. The van der Waals surface area contributed by atoms with Crippen LogP contribution in [0.3, 0.4) is 0 Å². The lowest BCUT2D eigenvalue weighted by Gasteiger charge is -2.00. The van der Waals surface area contributed by atoms with Gasteiger partial charge in [-0.15, -0.1) is 11.3 Å². The van der Waals surface area contributed by atoms with Crippen LogP contribution in [0, 0.1) is 0 Å². The van der Waals surface area contributed by atoms with Crippen LogP contribution < -0.4 is 0 Å². The van der Waals surface area contributed by atoms with E-state index in [2.05, 4.69) is 20.9 Å². The van der Waals surface area contributed by atoms with Crippen LogP contribution in [-0.4, -0.2) is 16.1 Å². The van der Waals surface area contributed by atoms with Gasteiger partial charge >= 0.3 is 5.97 Å². The van der Waals surface area contributed by atoms with Gasteiger partial charge in [-0.25, -0.2) is 4.98 Å². The molecule has 2 rings (SSSR count). The zero-order chi connectivity index (χ0) is 13.1. The highest BCUT2D eigenvalue weighted by Crippen LogP contribution is 2.32. The maximum Gasteiger partial charge on any atom is 0.303 e. The quantitative estimate of drug-likeness (QED) is 0.900. The number of hydrogen-bond donors (Lipinski definition) is 1. The molecule has 0 aliphatic carbocycles. The molecule has 0 unspecified atom stereocenters. The van der Waals surface area contributed by atoms with Crippen LogP contribution in [0.2, 0.25) is 5.02 Å². The summed E-state index contributed by atoms with van der Waals surface area (Å²) in [6.07, 6.45) is 0.539. The van der Waals surface area contributed by atoms with E-state index in [0.29, 0.717) is 11.4 Å². The molecule has 0 saturated carbocycles. The Balaban J connectivity index is 2.21. The molecule has 3 nitrogen and oxygen atoms in total. The van der Waals surface area contributed by atoms with Crippen molar-refractivity contribution in [1.29, 1.82) is 0 Å². The van der Waals surface area contributed by atoms with Crippen LogP contribution in [0.1, 0.15) is 12.1 Å². The summed E-state index contributed by atoms with van der Waals surface area (Å²) in [4.78, 5) is 14.9. The molecular formula is C12H9BrClNO2S. The number of benzene rings is 1. The van der Waals surface area contributed by atoms with Crippen LogP contribution in [0.4, 0.5) is 0 Å². The molecule has 0 aliphatic heterocycles. The molecule has 0 amide bonds. The summed E-state index contributed by atoms with van der Waals surface area (Å²) in [6.45, 7) is 0. The number of rotatable bonds is 4. The molecule has 1 aromatic heterocycles. The molecule has 1 N–H and O–H groups in total. The smallest absolute Gasteiger partial charge is 0.303 e. The largest absolute Gasteiger partial charge is 0.481 e. The fourth-order valence-corrected chi connectivity index (χ4v) is 3.16. The Kier molecular flexibility index (Phi) is 4.37. The first-order valence-electron chi connectivity index (χ1n) is 5.18. The SMILES string of the molecule is O=C(O)CCc1csc(-c2ccc(Br)cc2Cl)n1. The predicted molar refractivity (Wildman–Crippen MR) is 76.2 cm³/mol. The van der Waals surface area contributed by atoms with Crippen LogP contribution in [-0.2, 0) is 11.2 Å². The lowest BCUT2D eigenvalue weighted by atomic mass is 10.2. The molecule has 1 aromatic carbocycles. The summed E-state index contributed by atoms with van der Waals surface area (Å²) >= 11 is 11.0. The Bertz CT molecular complexity index is 585. The number of hydrogen-bond acceptors (Lipinski definition) is 3. The van der Waals surface area contributed by atoms with Crippen LogP contribution in [0.25, 0.3) is 10.6 Å². The van der Waals surface area contributed by atoms with Crippen molar-refractivity contribution in [1.82, 2.24) is 4.98 Å². The number of nitrogens with zero attached hydrogens (tertiary/aromatic N) is 1. The number of aryl methyl sites for hydroxylation is 1. The minimum Gasteiger partial charge on any atom is -0.481 e. The molecule has 0 aliphatic rings. The van der Waals surface area contributed by atoms with Gasteiger partial charge in [0.1, 0.15) is 5.01 Å². The van der Waals surface area contributed by atoms with E-state index >= 15 is 0 Å². The van der Waals surface area contributed by atoms with Crippen molar-refractivity contribution in [3.05, 3.63) is 38.8 Å². The van der Waals surface area contributed by atoms with Gasteiger partial charge in [-0.3, -0.25) is 4.79 Å². The van der Waals surface area contributed by atoms with Crippen molar-refractivity contribution in [2.24, 2.45) is 0 Å². The summed E-state index contributed by atoms with van der Waals surface area (Å²) in [5.74, 6) is -0.814. The third-order valence-electron chi connectivity index (χ3n) is 2.31. The highest BCUT2D eigenvalue weighted by atomic mass is 79.9. The molecule has 0 saturated heterocycles. The van der Waals surface area contributed by atoms with Gasteiger partial charge in [0.15, 0.2) is 0 Å². The first-order chi connectivity index (χ1) is 8.56. The van der Waals surface area contributed by atoms with Crippen LogP contribution in [0.5, 0.6) is 0 Å². The van der Waals surface area contributed by atoms with E-state index in [4.69, 9.17) is 16.7 Å². The highest BCUT2D eigenvalue weighted by molar-refractivity contribution is 9.10. The molecule has 0 fully saturated rings. The average molecular weight is 347 g/mol. The average Bonchev–Trinajstić information content (AvgIpc) is 2.75. The first-order valence-corrected chi connectivity index (χ1v) is 7.23. The van der Waals surface area contributed by atoms with Crippen LogP contribution >= 0.6 is 38.9 Å². The van der Waals surface area contributed by atoms with E-state index < -0.39 is 5.97 Å². The molecule has 94 valence electrons. The van der Waals surface area contributed by atoms with Crippen molar-refractivity contribution in [2.45, 2.75) is 12.8 Å². The summed E-state index contributed by atoms with van der Waals surface area (Å²) in [6, 6.07) is 5.61. The zero-order valence-corrected chi connectivity index (χ0v) is 12.3. The van der Waals surface area contributed by atoms with Gasteiger partial charge in [-0.1, -0.05) is 27.5 Å². The summed E-state index contributed by atoms with van der Waals surface area (Å²) < 4.78 is 0.916. The standard InChI is InChI=1S/C12H9BrClNO2S/c13-7-1-3-9(10(14)5-7)12-15-8(6-18-12)2-4-11(16)17/h1,3,5-6H,2,4H2,(H,16,17). The Labute approximate surface area is 122 Å². The minimum absolute atomic E-state index is 0.0945. The molecule has 0 bridgehead atoms. The van der Waals surface area contributed by atoms with Gasteiger partial charge in [0.25, 0.3) is 0 Å². The molecule has 0 atom stereocenters. The summed E-state index contributed by atoms with van der Waals surface area (Å²) in [7, 11) is 0. The highest BCUT2D eigenvalue weighted by Gasteiger charge is 2.09. The molecular weight excluding hydrogens is 338 g/mol. The normalized spacial score (nSPS) is 10.6. The Morgan fingerprint density at radius 3 is 2.94 bits per heavy atom. The van der Waals surface area contributed by atoms with E-state index in [-0.39, 0.29) is 6.42 Å². The van der Waals surface area contributed by atoms with Crippen molar-refractivity contribution < 1.29 is 9.90 Å². The zero-order valence-electron chi connectivity index (χ0n) is 9.19. The molecule has 2 aromatic rings. The Hall–Kier alpha value is -0.910. The maximum absolute atomic E-state index is 10.5. The molecule has 18 heavy (non-hydrogen) atoms. The van der Waals surface area contributed by atoms with E-state index in [1.54, 1.807) is 0 Å². The fraction of sp³-hybridized carbons (Fsp3) is 0.167. The number of carboxylic acid groups (broad SMARTS) is 1. The first kappa shape index (κ1) is 13.5. The van der Waals surface area contributed by atoms with E-state index in [0.717, 1.165) is 20.7 Å². The second-order valence-electron chi connectivity index (χ2n) is 3.66. The lowest BCUT2D eigenvalue weighted by molar-refractivity contribution is -0.136. The summed E-state index contributed by atoms with van der Waals surface area (Å²) in [5.41, 5.74) is 1.66. The van der Waals surface area contributed by atoms with Gasteiger partial charge in [0.2, 0.25) is 0 Å². The lowest BCUT2D eigenvalue weighted by Crippen LogP contribution is -1.97. The van der Waals surface area contributed by atoms with Gasteiger partial charge in [-0.2, -0.15) is 0 Å². The summed E-state index contributed by atoms with van der Waals surface area (Å²) in [5, 5.41) is 11.9. The van der Waals surface area contributed by atoms with E-state index in [9.17, 15) is 4.79 Å². The molecule has 1 heterocycles. The monoisotopic (exact) mass is 345 g/mol. The number of aliphatic carboxylic acids is 1. The Morgan fingerprint density at radius 2 is 2.28 bits per heavy atom. The minimum atomic E-state index is -0.814. The third kappa shape index (κ3) is 3.31.